The summed E-state index contributed by atoms with van der Waals surface area (Å²) in [6.45, 7) is 18.4. The van der Waals surface area contributed by atoms with E-state index in [9.17, 15) is 24.4 Å². The molecule has 0 aromatic heterocycles. The number of amides is 2. The molecule has 1 aliphatic heterocycles. The van der Waals surface area contributed by atoms with Gasteiger partial charge < -0.3 is 29.3 Å². The SMILES string of the molecule is COC(=O)[C@@H]1CCCN(C(=O)[C@H](Cc2cc(O[Si](C(C)C)(C(C)C)C(C)C)cc(B(O)O)c2)NC(=O)OC(C)(C)C)N1. The second kappa shape index (κ2) is 14.7. The highest BCUT2D eigenvalue weighted by Gasteiger charge is 2.47. The van der Waals surface area contributed by atoms with E-state index in [2.05, 4.69) is 52.3 Å². The van der Waals surface area contributed by atoms with Gasteiger partial charge in [0.15, 0.2) is 0 Å². The Balaban J connectivity index is 2.50. The Morgan fingerprint density at radius 1 is 1.07 bits per heavy atom. The largest absolute Gasteiger partial charge is 0.543 e. The zero-order valence-electron chi connectivity index (χ0n) is 26.8. The van der Waals surface area contributed by atoms with Gasteiger partial charge in [-0.25, -0.2) is 10.2 Å². The Morgan fingerprint density at radius 2 is 1.67 bits per heavy atom. The van der Waals surface area contributed by atoms with Gasteiger partial charge in [0.05, 0.1) is 7.11 Å². The first-order valence-electron chi connectivity index (χ1n) is 14.7. The molecule has 0 saturated carbocycles. The first-order valence-corrected chi connectivity index (χ1v) is 16.9. The van der Waals surface area contributed by atoms with Crippen molar-refractivity contribution in [2.45, 2.75) is 116 Å². The van der Waals surface area contributed by atoms with Gasteiger partial charge in [-0.2, -0.15) is 0 Å². The van der Waals surface area contributed by atoms with E-state index in [4.69, 9.17) is 13.9 Å². The lowest BCUT2D eigenvalue weighted by atomic mass is 9.79. The second-order valence-corrected chi connectivity index (χ2v) is 18.3. The highest BCUT2D eigenvalue weighted by Crippen LogP contribution is 2.42. The van der Waals surface area contributed by atoms with Crippen LogP contribution >= 0.6 is 0 Å². The number of carbonyl (C=O) groups excluding carboxylic acids is 3. The summed E-state index contributed by atoms with van der Waals surface area (Å²) in [5.74, 6) is -0.463. The maximum atomic E-state index is 13.8. The predicted molar refractivity (Wildman–Crippen MR) is 165 cm³/mol. The summed E-state index contributed by atoms with van der Waals surface area (Å²) in [6.07, 6.45) is 0.303. The molecule has 11 nitrogen and oxygen atoms in total. The fourth-order valence-electron chi connectivity index (χ4n) is 5.90. The topological polar surface area (TPSA) is 147 Å². The van der Waals surface area contributed by atoms with Crippen LogP contribution in [0.1, 0.15) is 80.7 Å². The van der Waals surface area contributed by atoms with Crippen molar-refractivity contribution in [3.63, 3.8) is 0 Å². The minimum atomic E-state index is -2.39. The van der Waals surface area contributed by atoms with Crippen LogP contribution in [0.5, 0.6) is 5.75 Å². The number of esters is 1. The first kappa shape index (κ1) is 35.6. The van der Waals surface area contributed by atoms with E-state index in [1.165, 1.54) is 12.1 Å². The van der Waals surface area contributed by atoms with Crippen LogP contribution in [0.4, 0.5) is 4.79 Å². The number of ether oxygens (including phenoxy) is 2. The van der Waals surface area contributed by atoms with Gasteiger partial charge in [-0.3, -0.25) is 14.6 Å². The van der Waals surface area contributed by atoms with Gasteiger partial charge in [0, 0.05) is 13.0 Å². The molecule has 4 N–H and O–H groups in total. The average Bonchev–Trinajstić information content (AvgIpc) is 2.88. The predicted octanol–water partition coefficient (Wildman–Crippen LogP) is 3.03. The molecule has 0 aliphatic carbocycles. The van der Waals surface area contributed by atoms with Gasteiger partial charge in [-0.15, -0.1) is 0 Å². The number of hydrazine groups is 1. The van der Waals surface area contributed by atoms with E-state index in [1.807, 2.05) is 0 Å². The van der Waals surface area contributed by atoms with E-state index in [-0.39, 0.29) is 28.5 Å². The summed E-state index contributed by atoms with van der Waals surface area (Å²) >= 11 is 0. The number of benzene rings is 1. The minimum absolute atomic E-state index is 0.00958. The van der Waals surface area contributed by atoms with Crippen molar-refractivity contribution in [3.05, 3.63) is 23.8 Å². The maximum absolute atomic E-state index is 13.8. The van der Waals surface area contributed by atoms with Crippen LogP contribution in [-0.2, 0) is 25.5 Å². The molecule has 0 bridgehead atoms. The molecule has 1 aromatic carbocycles. The minimum Gasteiger partial charge on any atom is -0.543 e. The van der Waals surface area contributed by atoms with Crippen molar-refractivity contribution in [1.82, 2.24) is 15.8 Å². The normalized spacial score (nSPS) is 16.8. The standard InChI is InChI=1S/C29H50BN3O8Si/c1-18(2)42(19(3)4,20(5)6)41-23-15-21(14-22(17-23)30(37)38)16-25(31-28(36)40-29(7,8)9)26(34)33-13-11-12-24(32-33)27(35)39-10/h14-15,17-20,24-25,32,37-38H,11-13,16H2,1-10H3,(H,31,36)/t24-,25-/m0/s1. The van der Waals surface area contributed by atoms with Crippen LogP contribution in [-0.4, -0.2) is 79.8 Å². The molecule has 13 heteroatoms. The maximum Gasteiger partial charge on any atom is 0.488 e. The van der Waals surface area contributed by atoms with E-state index < -0.39 is 51.1 Å². The number of nitrogens with zero attached hydrogens (tertiary/aromatic N) is 1. The summed E-state index contributed by atoms with van der Waals surface area (Å²) in [4.78, 5) is 38.8. The van der Waals surface area contributed by atoms with E-state index in [1.54, 1.807) is 39.0 Å². The molecule has 2 rings (SSSR count). The van der Waals surface area contributed by atoms with Crippen LogP contribution in [0, 0.1) is 0 Å². The first-order chi connectivity index (χ1) is 19.4. The molecule has 1 aromatic rings. The van der Waals surface area contributed by atoms with Crippen molar-refractivity contribution in [2.75, 3.05) is 13.7 Å². The molecule has 1 saturated heterocycles. The third-order valence-electron chi connectivity index (χ3n) is 7.66. The monoisotopic (exact) mass is 607 g/mol. The van der Waals surface area contributed by atoms with E-state index in [0.29, 0.717) is 30.7 Å². The molecule has 42 heavy (non-hydrogen) atoms. The van der Waals surface area contributed by atoms with Gasteiger partial charge in [0.1, 0.15) is 23.4 Å². The van der Waals surface area contributed by atoms with Crippen molar-refractivity contribution in [3.8, 4) is 5.75 Å². The zero-order valence-corrected chi connectivity index (χ0v) is 27.8. The molecular formula is C29H50BN3O8Si. The van der Waals surface area contributed by atoms with Gasteiger partial charge in [0.2, 0.25) is 0 Å². The number of rotatable bonds is 11. The second-order valence-electron chi connectivity index (χ2n) is 12.9. The number of nitrogens with one attached hydrogen (secondary N) is 2. The molecule has 236 valence electrons. The molecule has 0 radical (unpaired) electrons. The van der Waals surface area contributed by atoms with Gasteiger partial charge in [-0.05, 0) is 73.4 Å². The summed E-state index contributed by atoms with van der Waals surface area (Å²) in [5.41, 5.74) is 3.73. The lowest BCUT2D eigenvalue weighted by Gasteiger charge is -2.42. The van der Waals surface area contributed by atoms with Crippen LogP contribution in [0.2, 0.25) is 16.6 Å². The summed E-state index contributed by atoms with van der Waals surface area (Å²) < 4.78 is 17.1. The van der Waals surface area contributed by atoms with Crippen molar-refractivity contribution in [2.24, 2.45) is 0 Å². The number of carbonyl (C=O) groups is 3. The molecule has 1 heterocycles. The van der Waals surface area contributed by atoms with Crippen molar-refractivity contribution >= 4 is 38.9 Å². The lowest BCUT2D eigenvalue weighted by molar-refractivity contribution is -0.150. The Bertz CT molecular complexity index is 1070. The summed E-state index contributed by atoms with van der Waals surface area (Å²) in [7, 11) is -2.87. The van der Waals surface area contributed by atoms with E-state index in [0.717, 1.165) is 0 Å². The molecule has 2 amide bonds. The molecule has 0 spiro atoms. The zero-order chi connectivity index (χ0) is 32.0. The smallest absolute Gasteiger partial charge is 0.488 e. The Kier molecular flexibility index (Phi) is 12.5. The van der Waals surface area contributed by atoms with Gasteiger partial charge in [0.25, 0.3) is 14.2 Å². The highest BCUT2D eigenvalue weighted by atomic mass is 28.4. The number of methoxy groups -OCH3 is 1. The quantitative estimate of drug-likeness (QED) is 0.220. The summed E-state index contributed by atoms with van der Waals surface area (Å²) in [5, 5.41) is 24.2. The fraction of sp³-hybridized carbons (Fsp3) is 0.690. The third kappa shape index (κ3) is 9.19. The van der Waals surface area contributed by atoms with Gasteiger partial charge >= 0.3 is 19.2 Å². The number of hydrogen-bond donors (Lipinski definition) is 4. The summed E-state index contributed by atoms with van der Waals surface area (Å²) in [6, 6.07) is 3.21. The lowest BCUT2D eigenvalue weighted by Crippen LogP contribution is -2.60. The Labute approximate surface area is 251 Å². The van der Waals surface area contributed by atoms with Crippen LogP contribution < -0.4 is 20.6 Å². The number of hydrogen-bond acceptors (Lipinski definition) is 9. The molecular weight excluding hydrogens is 557 g/mol. The highest BCUT2D eigenvalue weighted by molar-refractivity contribution is 6.78. The Hall–Kier alpha value is -2.61. The van der Waals surface area contributed by atoms with Crippen LogP contribution in [0.3, 0.4) is 0 Å². The van der Waals surface area contributed by atoms with Crippen LogP contribution in [0.25, 0.3) is 0 Å². The van der Waals surface area contributed by atoms with Crippen molar-refractivity contribution in [1.29, 1.82) is 0 Å². The number of alkyl carbamates (subject to hydrolysis) is 1. The van der Waals surface area contributed by atoms with Crippen LogP contribution in [0.15, 0.2) is 18.2 Å². The Morgan fingerprint density at radius 3 is 2.17 bits per heavy atom. The molecule has 2 atom stereocenters. The van der Waals surface area contributed by atoms with E-state index >= 15 is 0 Å². The average molecular weight is 608 g/mol. The van der Waals surface area contributed by atoms with Crippen molar-refractivity contribution < 1.29 is 38.3 Å². The van der Waals surface area contributed by atoms with Gasteiger partial charge in [-0.1, -0.05) is 47.6 Å². The third-order valence-corrected chi connectivity index (χ3v) is 13.7. The molecule has 0 unspecified atom stereocenters. The molecule has 1 aliphatic rings. The fourth-order valence-corrected chi connectivity index (χ4v) is 11.1. The molecule has 1 fully saturated rings.